The van der Waals surface area contributed by atoms with E-state index in [0.29, 0.717) is 13.0 Å². The van der Waals surface area contributed by atoms with Crippen molar-refractivity contribution in [3.8, 4) is 0 Å². The van der Waals surface area contributed by atoms with E-state index in [1.54, 1.807) is 10.2 Å². The third-order valence-electron chi connectivity index (χ3n) is 5.08. The third kappa shape index (κ3) is 14.9. The van der Waals surface area contributed by atoms with Gasteiger partial charge >= 0.3 is 19.7 Å². The number of nitrogens with one attached hydrogen (secondary N) is 3. The molecule has 1 heterocycles. The molecule has 17 nitrogen and oxygen atoms in total. The molecule has 3 amide bonds. The van der Waals surface area contributed by atoms with E-state index in [9.17, 15) is 28.8 Å². The van der Waals surface area contributed by atoms with Gasteiger partial charge in [0, 0.05) is 44.6 Å². The quantitative estimate of drug-likeness (QED) is 0.0507. The number of carbonyl (C=O) groups excluding carboxylic acids is 3. The van der Waals surface area contributed by atoms with Crippen molar-refractivity contribution < 1.29 is 53.1 Å². The molecule has 40 heavy (non-hydrogen) atoms. The average molecular weight is 590 g/mol. The van der Waals surface area contributed by atoms with Crippen LogP contribution in [0.4, 0.5) is 4.79 Å². The zero-order valence-electron chi connectivity index (χ0n) is 22.3. The second-order valence-corrected chi connectivity index (χ2v) is 10.6. The van der Waals surface area contributed by atoms with E-state index in [4.69, 9.17) is 24.3 Å². The maximum absolute atomic E-state index is 12.4. The van der Waals surface area contributed by atoms with Crippen LogP contribution in [0.1, 0.15) is 30.8 Å². The molecule has 2 atom stereocenters. The first-order valence-electron chi connectivity index (χ1n) is 12.3. The molecule has 0 spiro atoms. The molecule has 1 aromatic heterocycles. The summed E-state index contributed by atoms with van der Waals surface area (Å²) in [6, 6.07) is 0. The molecule has 0 aromatic carbocycles. The molecule has 0 saturated heterocycles. The highest BCUT2D eigenvalue weighted by Crippen LogP contribution is 2.39. The summed E-state index contributed by atoms with van der Waals surface area (Å²) < 4.78 is 21.6. The third-order valence-corrected chi connectivity index (χ3v) is 6.10. The Labute approximate surface area is 231 Å². The molecule has 1 unspecified atom stereocenters. The lowest BCUT2D eigenvalue weighted by Crippen LogP contribution is -2.46. The lowest BCUT2D eigenvalue weighted by Gasteiger charge is -2.23. The molecule has 1 aromatic rings. The van der Waals surface area contributed by atoms with Crippen LogP contribution in [0.5, 0.6) is 0 Å². The van der Waals surface area contributed by atoms with Gasteiger partial charge in [0.25, 0.3) is 13.4 Å². The predicted octanol–water partition coefficient (Wildman–Crippen LogP) is -2.33. The molecule has 0 fully saturated rings. The first-order valence-corrected chi connectivity index (χ1v) is 14.0. The summed E-state index contributed by atoms with van der Waals surface area (Å²) in [6.07, 6.45) is 3.36. The van der Waals surface area contributed by atoms with E-state index in [1.807, 2.05) is 13.8 Å². The number of aliphatic hydroxyl groups is 1. The second-order valence-electron chi connectivity index (χ2n) is 8.92. The Balaban J connectivity index is 2.45. The van der Waals surface area contributed by atoms with Crippen LogP contribution in [-0.2, 0) is 23.5 Å². The summed E-state index contributed by atoms with van der Waals surface area (Å²) in [5.74, 6) is -5.39. The van der Waals surface area contributed by atoms with Crippen molar-refractivity contribution >= 4 is 39.0 Å². The van der Waals surface area contributed by atoms with Crippen LogP contribution in [0, 0.1) is 5.92 Å². The monoisotopic (exact) mass is 590 g/mol. The van der Waals surface area contributed by atoms with Gasteiger partial charge in [-0.05, 0) is 12.3 Å². The number of carbonyl (C=O) groups is 4. The van der Waals surface area contributed by atoms with Crippen LogP contribution in [0.3, 0.4) is 0 Å². The van der Waals surface area contributed by atoms with Gasteiger partial charge in [-0.25, -0.2) is 14.6 Å². The fourth-order valence-electron chi connectivity index (χ4n) is 3.29. The van der Waals surface area contributed by atoms with E-state index in [2.05, 4.69) is 20.6 Å². The van der Waals surface area contributed by atoms with Gasteiger partial charge in [0.05, 0.1) is 19.3 Å². The fraction of sp³-hybridized carbons (Fsp3) is 0.619. The number of aliphatic hydroxyl groups excluding tert-OH is 1. The minimum absolute atomic E-state index is 0.0846. The molecule has 0 radical (unpaired) electrons. The minimum atomic E-state index is -5.13. The summed E-state index contributed by atoms with van der Waals surface area (Å²) in [5, 5.41) is 25.0. The van der Waals surface area contributed by atoms with Crippen LogP contribution >= 0.6 is 7.60 Å². The molecular weight excluding hydrogens is 554 g/mol. The molecule has 7 N–H and O–H groups in total. The van der Waals surface area contributed by atoms with Crippen LogP contribution < -0.4 is 16.0 Å². The summed E-state index contributed by atoms with van der Waals surface area (Å²) in [4.78, 5) is 74.4. The number of ether oxygens (including phenoxy) is 1. The molecule has 0 bridgehead atoms. The summed E-state index contributed by atoms with van der Waals surface area (Å²) in [7, 11) is -4.96. The van der Waals surface area contributed by atoms with Crippen molar-refractivity contribution in [2.24, 2.45) is 5.92 Å². The van der Waals surface area contributed by atoms with Gasteiger partial charge in [0.1, 0.15) is 12.3 Å². The fourth-order valence-corrected chi connectivity index (χ4v) is 3.85. The predicted molar refractivity (Wildman–Crippen MR) is 140 cm³/mol. The number of carboxylic acids is 1. The second kappa shape index (κ2) is 18.2. The number of aromatic nitrogens is 2. The van der Waals surface area contributed by atoms with Crippen LogP contribution in [-0.4, -0.2) is 124 Å². The molecule has 1 rings (SSSR count). The van der Waals surface area contributed by atoms with E-state index in [1.165, 1.54) is 18.6 Å². The van der Waals surface area contributed by atoms with Crippen molar-refractivity contribution in [3.63, 3.8) is 0 Å². The Morgan fingerprint density at radius 2 is 1.80 bits per heavy atom. The first-order chi connectivity index (χ1) is 18.8. The Bertz CT molecular complexity index is 1000. The van der Waals surface area contributed by atoms with Crippen molar-refractivity contribution in [2.45, 2.75) is 32.0 Å². The normalized spacial score (nSPS) is 12.9. The van der Waals surface area contributed by atoms with Gasteiger partial charge in [-0.1, -0.05) is 13.8 Å². The zero-order chi connectivity index (χ0) is 30.1. The highest BCUT2D eigenvalue weighted by atomic mass is 31.2. The Kier molecular flexibility index (Phi) is 15.9. The topological polar surface area (TPSA) is 250 Å². The largest absolute Gasteiger partial charge is 0.479 e. The standard InChI is InChI=1S/C21H36BN6O11P/c1-14(2)11-16(26-17(30)13-25-18(31)15-12-23-3-4-24-15)22-39-10-7-28(5-8-29)6-9-38-21(34)27-19(20(32)33)40(35,36)37/h3-4,12,14,16,19,22,29H,5-11,13H2,1-2H3,(H,25,31)(H,26,30)(H,27,34)(H,32,33)(H2,35,36,37)/t16-,19?/m1/s1. The Morgan fingerprint density at radius 3 is 2.38 bits per heavy atom. The van der Waals surface area contributed by atoms with Crippen molar-refractivity contribution in [1.29, 1.82) is 0 Å². The Hall–Kier alpha value is -3.15. The molecule has 0 saturated carbocycles. The highest BCUT2D eigenvalue weighted by molar-refractivity contribution is 7.53. The van der Waals surface area contributed by atoms with Gasteiger partial charge in [0.2, 0.25) is 11.7 Å². The van der Waals surface area contributed by atoms with Crippen LogP contribution in [0.2, 0.25) is 0 Å². The molecule has 0 aliphatic heterocycles. The number of carboxylic acid groups (broad SMARTS) is 1. The smallest absolute Gasteiger partial charge is 0.408 e. The lowest BCUT2D eigenvalue weighted by atomic mass is 9.81. The SMILES string of the molecule is CC(C)C[C@H](BOCCN(CCO)CCOC(=O)NC(C(=O)O)P(=O)(O)O)NC(=O)CNC(=O)c1cnccn1. The highest BCUT2D eigenvalue weighted by Gasteiger charge is 2.37. The summed E-state index contributed by atoms with van der Waals surface area (Å²) in [5.41, 5.74) is 0.0846. The molecular formula is C21H36BN6O11P. The van der Waals surface area contributed by atoms with Crippen molar-refractivity contribution in [3.05, 3.63) is 24.3 Å². The van der Waals surface area contributed by atoms with Gasteiger partial charge in [0.15, 0.2) is 0 Å². The maximum atomic E-state index is 12.4. The van der Waals surface area contributed by atoms with Crippen molar-refractivity contribution in [1.82, 2.24) is 30.8 Å². The van der Waals surface area contributed by atoms with Gasteiger partial charge in [-0.15, -0.1) is 0 Å². The number of hydrogen-bond donors (Lipinski definition) is 7. The number of alkyl carbamates (subject to hydrolysis) is 1. The first kappa shape index (κ1) is 34.9. The number of aliphatic carboxylic acids is 1. The number of rotatable bonds is 19. The lowest BCUT2D eigenvalue weighted by molar-refractivity contribution is -0.137. The number of hydrogen-bond acceptors (Lipinski definition) is 11. The van der Waals surface area contributed by atoms with E-state index in [0.717, 1.165) is 0 Å². The maximum Gasteiger partial charge on any atom is 0.408 e. The van der Waals surface area contributed by atoms with Gasteiger partial charge in [-0.2, -0.15) is 0 Å². The zero-order valence-corrected chi connectivity index (χ0v) is 23.2. The Morgan fingerprint density at radius 1 is 1.10 bits per heavy atom. The van der Waals surface area contributed by atoms with E-state index in [-0.39, 0.29) is 64.5 Å². The van der Waals surface area contributed by atoms with Crippen LogP contribution in [0.25, 0.3) is 0 Å². The van der Waals surface area contributed by atoms with Crippen LogP contribution in [0.15, 0.2) is 18.6 Å². The number of amides is 3. The molecule has 0 aliphatic carbocycles. The summed E-state index contributed by atoms with van der Waals surface area (Å²) in [6.45, 7) is 4.04. The molecule has 224 valence electrons. The molecule has 19 heteroatoms. The van der Waals surface area contributed by atoms with E-state index >= 15 is 0 Å². The van der Waals surface area contributed by atoms with E-state index < -0.39 is 37.3 Å². The van der Waals surface area contributed by atoms with Gasteiger partial charge in [-0.3, -0.25) is 29.4 Å². The van der Waals surface area contributed by atoms with Gasteiger partial charge < -0.3 is 40.0 Å². The summed E-state index contributed by atoms with van der Waals surface area (Å²) >= 11 is 0. The average Bonchev–Trinajstić information content (AvgIpc) is 2.87. The molecule has 0 aliphatic rings. The number of nitrogens with zero attached hydrogens (tertiary/aromatic N) is 3. The minimum Gasteiger partial charge on any atom is -0.479 e. The van der Waals surface area contributed by atoms with Crippen molar-refractivity contribution in [2.75, 3.05) is 46.0 Å².